The van der Waals surface area contributed by atoms with Gasteiger partial charge in [-0.3, -0.25) is 9.48 Å². The van der Waals surface area contributed by atoms with E-state index in [4.69, 9.17) is 0 Å². The summed E-state index contributed by atoms with van der Waals surface area (Å²) in [5.74, 6) is 0.914. The number of thioether (sulfide) groups is 1. The molecule has 0 unspecified atom stereocenters. The van der Waals surface area contributed by atoms with Crippen molar-refractivity contribution in [1.29, 1.82) is 0 Å². The summed E-state index contributed by atoms with van der Waals surface area (Å²) in [5, 5.41) is 5.08. The van der Waals surface area contributed by atoms with Gasteiger partial charge in [0.15, 0.2) is 10.9 Å². The van der Waals surface area contributed by atoms with E-state index in [1.807, 2.05) is 38.2 Å². The summed E-state index contributed by atoms with van der Waals surface area (Å²) in [6.45, 7) is 3.66. The van der Waals surface area contributed by atoms with Crippen LogP contribution in [0.1, 0.15) is 29.0 Å². The number of hydrogen-bond donors (Lipinski definition) is 0. The molecule has 0 N–H and O–H groups in total. The first-order valence-corrected chi connectivity index (χ1v) is 10.5. The largest absolute Gasteiger partial charge is 0.355 e. The summed E-state index contributed by atoms with van der Waals surface area (Å²) in [6, 6.07) is 2.05. The number of carbonyl (C=O) groups is 1. The molecule has 1 aliphatic heterocycles. The zero-order valence-corrected chi connectivity index (χ0v) is 17.8. The number of amides is 1. The van der Waals surface area contributed by atoms with Crippen LogP contribution in [0.2, 0.25) is 0 Å². The van der Waals surface area contributed by atoms with Gasteiger partial charge in [-0.1, -0.05) is 11.8 Å². The average molecular weight is 439 g/mol. The standard InChI is InChI=1S/C17H23BrN6OS/c1-11-9-14(21-23(11)3)16(25)22(2)12-5-7-24(8-6-12)15-13(18)10-19-17(20-15)26-4/h9-10,12H,5-8H2,1-4H3. The van der Waals surface area contributed by atoms with Crippen LogP contribution in [0.3, 0.4) is 0 Å². The normalized spacial score (nSPS) is 15.3. The molecular weight excluding hydrogens is 416 g/mol. The van der Waals surface area contributed by atoms with E-state index in [1.54, 1.807) is 10.9 Å². The molecule has 0 atom stereocenters. The van der Waals surface area contributed by atoms with Gasteiger partial charge >= 0.3 is 0 Å². The number of piperidine rings is 1. The van der Waals surface area contributed by atoms with E-state index < -0.39 is 0 Å². The van der Waals surface area contributed by atoms with Gasteiger partial charge in [-0.25, -0.2) is 9.97 Å². The van der Waals surface area contributed by atoms with Crippen molar-refractivity contribution in [1.82, 2.24) is 24.6 Å². The molecule has 9 heteroatoms. The lowest BCUT2D eigenvalue weighted by Gasteiger charge is -2.37. The Morgan fingerprint density at radius 2 is 2.08 bits per heavy atom. The predicted molar refractivity (Wildman–Crippen MR) is 107 cm³/mol. The molecule has 0 aliphatic carbocycles. The molecule has 3 heterocycles. The molecule has 7 nitrogen and oxygen atoms in total. The van der Waals surface area contributed by atoms with Crippen molar-refractivity contribution in [3.05, 3.63) is 28.1 Å². The van der Waals surface area contributed by atoms with E-state index in [-0.39, 0.29) is 11.9 Å². The SMILES string of the molecule is CSc1ncc(Br)c(N2CCC(N(C)C(=O)c3cc(C)n(C)n3)CC2)n1. The van der Waals surface area contributed by atoms with Crippen LogP contribution in [0.4, 0.5) is 5.82 Å². The second kappa shape index (κ2) is 7.96. The Morgan fingerprint density at radius 1 is 1.38 bits per heavy atom. The maximum absolute atomic E-state index is 12.7. The van der Waals surface area contributed by atoms with Crippen LogP contribution >= 0.6 is 27.7 Å². The molecule has 1 aliphatic rings. The number of nitrogens with zero attached hydrogens (tertiary/aromatic N) is 6. The Balaban J connectivity index is 1.65. The minimum Gasteiger partial charge on any atom is -0.355 e. The highest BCUT2D eigenvalue weighted by Gasteiger charge is 2.28. The lowest BCUT2D eigenvalue weighted by Crippen LogP contribution is -2.46. The zero-order chi connectivity index (χ0) is 18.8. The molecule has 2 aromatic heterocycles. The first kappa shape index (κ1) is 19.2. The fraction of sp³-hybridized carbons (Fsp3) is 0.529. The molecule has 140 valence electrons. The number of rotatable bonds is 4. The highest BCUT2D eigenvalue weighted by Crippen LogP contribution is 2.28. The zero-order valence-electron chi connectivity index (χ0n) is 15.4. The van der Waals surface area contributed by atoms with Crippen LogP contribution < -0.4 is 4.90 Å². The van der Waals surface area contributed by atoms with E-state index in [9.17, 15) is 4.79 Å². The maximum atomic E-state index is 12.7. The lowest BCUT2D eigenvalue weighted by molar-refractivity contribution is 0.0702. The van der Waals surface area contributed by atoms with Crippen LogP contribution in [-0.2, 0) is 7.05 Å². The molecule has 0 bridgehead atoms. The van der Waals surface area contributed by atoms with Gasteiger partial charge in [-0.05, 0) is 48.0 Å². The Morgan fingerprint density at radius 3 is 2.65 bits per heavy atom. The molecule has 1 saturated heterocycles. The third-order valence-electron chi connectivity index (χ3n) is 4.85. The van der Waals surface area contributed by atoms with Crippen molar-refractivity contribution in [2.45, 2.75) is 31.0 Å². The molecule has 26 heavy (non-hydrogen) atoms. The summed E-state index contributed by atoms with van der Waals surface area (Å²) in [4.78, 5) is 25.7. The molecule has 1 fully saturated rings. The van der Waals surface area contributed by atoms with Crippen molar-refractivity contribution in [2.24, 2.45) is 7.05 Å². The van der Waals surface area contributed by atoms with Crippen molar-refractivity contribution < 1.29 is 4.79 Å². The third-order valence-corrected chi connectivity index (χ3v) is 5.97. The topological polar surface area (TPSA) is 67.2 Å². The Bertz CT molecular complexity index is 783. The molecule has 0 radical (unpaired) electrons. The molecular formula is C17H23BrN6OS. The lowest BCUT2D eigenvalue weighted by atomic mass is 10.0. The van der Waals surface area contributed by atoms with E-state index >= 15 is 0 Å². The Kier molecular flexibility index (Phi) is 5.86. The quantitative estimate of drug-likeness (QED) is 0.539. The molecule has 3 rings (SSSR count). The van der Waals surface area contributed by atoms with Crippen molar-refractivity contribution in [3.63, 3.8) is 0 Å². The Hall–Kier alpha value is -1.61. The van der Waals surface area contributed by atoms with Gasteiger partial charge in [-0.2, -0.15) is 5.10 Å². The minimum absolute atomic E-state index is 0.0139. The van der Waals surface area contributed by atoms with Crippen LogP contribution in [0, 0.1) is 6.92 Å². The number of aromatic nitrogens is 4. The first-order valence-electron chi connectivity index (χ1n) is 8.50. The summed E-state index contributed by atoms with van der Waals surface area (Å²) in [6.07, 6.45) is 5.58. The van der Waals surface area contributed by atoms with Gasteiger partial charge in [0.2, 0.25) is 0 Å². The molecule has 0 aromatic carbocycles. The van der Waals surface area contributed by atoms with Crippen LogP contribution in [0.15, 0.2) is 21.9 Å². The van der Waals surface area contributed by atoms with Gasteiger partial charge in [-0.15, -0.1) is 0 Å². The van der Waals surface area contributed by atoms with Gasteiger partial charge in [0, 0.05) is 45.1 Å². The van der Waals surface area contributed by atoms with Crippen LogP contribution in [-0.4, -0.2) is 63.0 Å². The summed E-state index contributed by atoms with van der Waals surface area (Å²) >= 11 is 5.09. The van der Waals surface area contributed by atoms with Crippen molar-refractivity contribution in [3.8, 4) is 0 Å². The number of halogens is 1. The van der Waals surface area contributed by atoms with E-state index in [1.165, 1.54) is 11.8 Å². The van der Waals surface area contributed by atoms with Gasteiger partial charge < -0.3 is 9.80 Å². The van der Waals surface area contributed by atoms with Gasteiger partial charge in [0.25, 0.3) is 5.91 Å². The number of carbonyl (C=O) groups excluding carboxylic acids is 1. The van der Waals surface area contributed by atoms with Crippen LogP contribution in [0.5, 0.6) is 0 Å². The monoisotopic (exact) mass is 438 g/mol. The van der Waals surface area contributed by atoms with Crippen molar-refractivity contribution in [2.75, 3.05) is 31.3 Å². The Labute approximate surface area is 166 Å². The predicted octanol–water partition coefficient (Wildman–Crippen LogP) is 2.74. The number of aryl methyl sites for hydroxylation is 2. The fourth-order valence-electron chi connectivity index (χ4n) is 3.14. The van der Waals surface area contributed by atoms with Gasteiger partial charge in [0.1, 0.15) is 5.82 Å². The maximum Gasteiger partial charge on any atom is 0.274 e. The highest BCUT2D eigenvalue weighted by molar-refractivity contribution is 9.10. The van der Waals surface area contributed by atoms with E-state index in [2.05, 4.69) is 35.9 Å². The second-order valence-electron chi connectivity index (χ2n) is 6.46. The van der Waals surface area contributed by atoms with E-state index in [0.29, 0.717) is 5.69 Å². The molecule has 2 aromatic rings. The second-order valence-corrected chi connectivity index (χ2v) is 8.08. The first-order chi connectivity index (χ1) is 12.4. The minimum atomic E-state index is -0.0139. The number of anilines is 1. The summed E-state index contributed by atoms with van der Waals surface area (Å²) in [5.41, 5.74) is 1.49. The van der Waals surface area contributed by atoms with Crippen LogP contribution in [0.25, 0.3) is 0 Å². The van der Waals surface area contributed by atoms with Crippen molar-refractivity contribution >= 4 is 39.4 Å². The third kappa shape index (κ3) is 3.88. The van der Waals surface area contributed by atoms with E-state index in [0.717, 1.165) is 47.1 Å². The smallest absolute Gasteiger partial charge is 0.274 e. The summed E-state index contributed by atoms with van der Waals surface area (Å²) in [7, 11) is 3.73. The average Bonchev–Trinajstić information content (AvgIpc) is 3.00. The highest BCUT2D eigenvalue weighted by atomic mass is 79.9. The molecule has 0 saturated carbocycles. The fourth-order valence-corrected chi connectivity index (χ4v) is 3.92. The van der Waals surface area contributed by atoms with Gasteiger partial charge in [0.05, 0.1) is 4.47 Å². The summed E-state index contributed by atoms with van der Waals surface area (Å²) < 4.78 is 2.64. The number of hydrogen-bond acceptors (Lipinski definition) is 6. The molecule has 0 spiro atoms. The molecule has 1 amide bonds.